The molecule has 0 aliphatic carbocycles. The highest BCUT2D eigenvalue weighted by atomic mass is 35.5. The maximum atomic E-state index is 12.7. The molecule has 0 bridgehead atoms. The van der Waals surface area contributed by atoms with E-state index in [1.165, 1.54) is 16.8 Å². The van der Waals surface area contributed by atoms with Crippen molar-refractivity contribution in [2.45, 2.75) is 25.4 Å². The summed E-state index contributed by atoms with van der Waals surface area (Å²) in [6.45, 7) is 2.01. The second-order valence-electron chi connectivity index (χ2n) is 6.56. The Bertz CT molecular complexity index is 735. The Kier molecular flexibility index (Phi) is 5.50. The number of ether oxygens (including phenoxy) is 1. The number of likely N-dealkylation sites (tertiary alicyclic amines) is 1. The zero-order valence-electron chi connectivity index (χ0n) is 14.1. The number of pyridine rings is 1. The van der Waals surface area contributed by atoms with Crippen molar-refractivity contribution in [2.75, 3.05) is 32.4 Å². The molecule has 0 spiro atoms. The molecule has 0 unspecified atom stereocenters. The average molecular weight is 388 g/mol. The second-order valence-corrected chi connectivity index (χ2v) is 8.94. The van der Waals surface area contributed by atoms with E-state index >= 15 is 0 Å². The maximum Gasteiger partial charge on any atom is 0.225 e. The maximum absolute atomic E-state index is 12.7. The van der Waals surface area contributed by atoms with E-state index in [4.69, 9.17) is 16.3 Å². The molecule has 3 rings (SSSR count). The van der Waals surface area contributed by atoms with Crippen LogP contribution in [0.3, 0.4) is 0 Å². The number of sulfonamides is 1. The number of carbonyl (C=O) groups is 1. The number of hydrogen-bond acceptors (Lipinski definition) is 5. The number of rotatable bonds is 4. The summed E-state index contributed by atoms with van der Waals surface area (Å²) in [5.74, 6) is 0.568. The van der Waals surface area contributed by atoms with Crippen molar-refractivity contribution in [2.24, 2.45) is 5.92 Å². The molecule has 1 aromatic rings. The minimum absolute atomic E-state index is 0.0834. The normalized spacial score (nSPS) is 23.0. The van der Waals surface area contributed by atoms with Crippen molar-refractivity contribution in [3.8, 4) is 5.75 Å². The molecule has 3 heterocycles. The van der Waals surface area contributed by atoms with Gasteiger partial charge in [0.15, 0.2) is 0 Å². The van der Waals surface area contributed by atoms with Gasteiger partial charge in [-0.15, -0.1) is 0 Å². The highest BCUT2D eigenvalue weighted by Gasteiger charge is 2.35. The average Bonchev–Trinajstić information content (AvgIpc) is 3.04. The molecular formula is C16H22ClN3O4S. The van der Waals surface area contributed by atoms with Crippen LogP contribution in [0.15, 0.2) is 18.5 Å². The van der Waals surface area contributed by atoms with Crippen LogP contribution in [0.5, 0.6) is 5.75 Å². The molecule has 2 saturated heterocycles. The van der Waals surface area contributed by atoms with Gasteiger partial charge in [-0.2, -0.15) is 0 Å². The zero-order chi connectivity index (χ0) is 18.0. The first-order valence-electron chi connectivity index (χ1n) is 8.34. The molecule has 7 nitrogen and oxygen atoms in total. The van der Waals surface area contributed by atoms with Gasteiger partial charge < -0.3 is 9.64 Å². The van der Waals surface area contributed by atoms with E-state index in [1.807, 2.05) is 4.90 Å². The van der Waals surface area contributed by atoms with Gasteiger partial charge in [-0.1, -0.05) is 11.6 Å². The zero-order valence-corrected chi connectivity index (χ0v) is 15.7. The van der Waals surface area contributed by atoms with E-state index in [9.17, 15) is 13.2 Å². The minimum atomic E-state index is -3.17. The monoisotopic (exact) mass is 387 g/mol. The van der Waals surface area contributed by atoms with E-state index in [2.05, 4.69) is 4.98 Å². The fourth-order valence-electron chi connectivity index (χ4n) is 3.35. The molecule has 1 aromatic heterocycles. The summed E-state index contributed by atoms with van der Waals surface area (Å²) >= 11 is 6.05. The molecule has 25 heavy (non-hydrogen) atoms. The third kappa shape index (κ3) is 4.43. The quantitative estimate of drug-likeness (QED) is 0.779. The molecule has 0 radical (unpaired) electrons. The Balaban J connectivity index is 1.52. The molecule has 2 fully saturated rings. The number of amides is 1. The van der Waals surface area contributed by atoms with Crippen LogP contribution in [0.4, 0.5) is 0 Å². The van der Waals surface area contributed by atoms with Gasteiger partial charge in [-0.05, 0) is 12.8 Å². The first-order chi connectivity index (χ1) is 11.8. The molecule has 0 N–H and O–H groups in total. The van der Waals surface area contributed by atoms with Crippen molar-refractivity contribution >= 4 is 27.5 Å². The van der Waals surface area contributed by atoms with Gasteiger partial charge in [-0.3, -0.25) is 9.78 Å². The topological polar surface area (TPSA) is 79.8 Å². The van der Waals surface area contributed by atoms with Crippen LogP contribution in [0.1, 0.15) is 19.3 Å². The van der Waals surface area contributed by atoms with Crippen LogP contribution in [-0.2, 0) is 14.8 Å². The van der Waals surface area contributed by atoms with Crippen LogP contribution >= 0.6 is 11.6 Å². The fraction of sp³-hybridized carbons (Fsp3) is 0.625. The Morgan fingerprint density at radius 3 is 2.64 bits per heavy atom. The molecular weight excluding hydrogens is 366 g/mol. The standard InChI is InChI=1S/C16H22ClN3O4S/c1-25(22,23)20-8-3-12(4-9-20)16(21)19-7-5-13(11-19)24-15-2-6-18-10-14(15)17/h2,6,10,12-13H,3-5,7-9,11H2,1H3/t13-/m1/s1. The summed E-state index contributed by atoms with van der Waals surface area (Å²) in [7, 11) is -3.17. The van der Waals surface area contributed by atoms with E-state index < -0.39 is 10.0 Å². The van der Waals surface area contributed by atoms with Gasteiger partial charge >= 0.3 is 0 Å². The van der Waals surface area contributed by atoms with Gasteiger partial charge in [0.05, 0.1) is 12.8 Å². The van der Waals surface area contributed by atoms with Crippen LogP contribution in [-0.4, -0.2) is 67.1 Å². The Morgan fingerprint density at radius 1 is 1.28 bits per heavy atom. The predicted octanol–water partition coefficient (Wildman–Crippen LogP) is 1.39. The summed E-state index contributed by atoms with van der Waals surface area (Å²) in [4.78, 5) is 18.4. The third-order valence-electron chi connectivity index (χ3n) is 4.76. The van der Waals surface area contributed by atoms with Gasteiger partial charge in [0.2, 0.25) is 15.9 Å². The highest BCUT2D eigenvalue weighted by Crippen LogP contribution is 2.27. The Hall–Kier alpha value is -1.38. The predicted molar refractivity (Wildman–Crippen MR) is 94.0 cm³/mol. The largest absolute Gasteiger partial charge is 0.487 e. The number of aromatic nitrogens is 1. The lowest BCUT2D eigenvalue weighted by Crippen LogP contribution is -2.43. The van der Waals surface area contributed by atoms with Crippen LogP contribution in [0, 0.1) is 5.92 Å². The molecule has 0 aromatic carbocycles. The minimum Gasteiger partial charge on any atom is -0.487 e. The van der Waals surface area contributed by atoms with Crippen LogP contribution < -0.4 is 4.74 Å². The van der Waals surface area contributed by atoms with Gasteiger partial charge in [0.1, 0.15) is 16.9 Å². The van der Waals surface area contributed by atoms with Crippen molar-refractivity contribution in [1.82, 2.24) is 14.2 Å². The van der Waals surface area contributed by atoms with Crippen molar-refractivity contribution in [3.05, 3.63) is 23.5 Å². The summed E-state index contributed by atoms with van der Waals surface area (Å²) in [6, 6.07) is 1.72. The van der Waals surface area contributed by atoms with E-state index in [1.54, 1.807) is 12.3 Å². The van der Waals surface area contributed by atoms with Crippen molar-refractivity contribution in [3.63, 3.8) is 0 Å². The molecule has 9 heteroatoms. The SMILES string of the molecule is CS(=O)(=O)N1CCC(C(=O)N2CC[C@@H](Oc3ccncc3Cl)C2)CC1. The number of halogens is 1. The highest BCUT2D eigenvalue weighted by molar-refractivity contribution is 7.88. The van der Waals surface area contributed by atoms with Gasteiger partial charge in [-0.25, -0.2) is 12.7 Å². The molecule has 1 amide bonds. The lowest BCUT2D eigenvalue weighted by Gasteiger charge is -2.31. The molecule has 2 aliphatic heterocycles. The van der Waals surface area contributed by atoms with Crippen molar-refractivity contribution < 1.29 is 17.9 Å². The van der Waals surface area contributed by atoms with E-state index in [0.29, 0.717) is 49.8 Å². The Morgan fingerprint density at radius 2 is 2.00 bits per heavy atom. The summed E-state index contributed by atoms with van der Waals surface area (Å²) in [6.07, 6.45) is 6.18. The van der Waals surface area contributed by atoms with E-state index in [0.717, 1.165) is 6.42 Å². The summed E-state index contributed by atoms with van der Waals surface area (Å²) in [5.41, 5.74) is 0. The number of nitrogens with zero attached hydrogens (tertiary/aromatic N) is 3. The van der Waals surface area contributed by atoms with Crippen LogP contribution in [0.2, 0.25) is 5.02 Å². The fourth-order valence-corrected chi connectivity index (χ4v) is 4.39. The number of piperidine rings is 1. The van der Waals surface area contributed by atoms with Crippen LogP contribution in [0.25, 0.3) is 0 Å². The van der Waals surface area contributed by atoms with Gasteiger partial charge in [0.25, 0.3) is 0 Å². The number of carbonyl (C=O) groups excluding carboxylic acids is 1. The lowest BCUT2D eigenvalue weighted by atomic mass is 9.97. The second kappa shape index (κ2) is 7.47. The smallest absolute Gasteiger partial charge is 0.225 e. The lowest BCUT2D eigenvalue weighted by molar-refractivity contribution is -0.135. The third-order valence-corrected chi connectivity index (χ3v) is 6.34. The summed E-state index contributed by atoms with van der Waals surface area (Å²) < 4.78 is 30.4. The molecule has 2 aliphatic rings. The first-order valence-corrected chi connectivity index (χ1v) is 10.6. The van der Waals surface area contributed by atoms with E-state index in [-0.39, 0.29) is 17.9 Å². The van der Waals surface area contributed by atoms with Gasteiger partial charge in [0, 0.05) is 50.4 Å². The molecule has 0 saturated carbocycles. The van der Waals surface area contributed by atoms with Crippen molar-refractivity contribution in [1.29, 1.82) is 0 Å². The number of hydrogen-bond donors (Lipinski definition) is 0. The molecule has 138 valence electrons. The summed E-state index contributed by atoms with van der Waals surface area (Å²) in [5, 5.41) is 0.459. The Labute approximate surface area is 153 Å². The first kappa shape index (κ1) is 18.4. The molecule has 1 atom stereocenters.